The van der Waals surface area contributed by atoms with Crippen LogP contribution in [0.2, 0.25) is 0 Å². The Kier molecular flexibility index (Phi) is 4.44. The third-order valence-corrected chi connectivity index (χ3v) is 3.51. The summed E-state index contributed by atoms with van der Waals surface area (Å²) in [6.07, 6.45) is 2.32. The van der Waals surface area contributed by atoms with Crippen molar-refractivity contribution in [2.45, 2.75) is 13.0 Å². The molecule has 0 bridgehead atoms. The molecule has 1 aromatic carbocycles. The van der Waals surface area contributed by atoms with Gasteiger partial charge in [0.25, 0.3) is 5.91 Å². The number of anilines is 1. The van der Waals surface area contributed by atoms with Gasteiger partial charge in [0.05, 0.1) is 11.6 Å². The highest BCUT2D eigenvalue weighted by molar-refractivity contribution is 5.97. The van der Waals surface area contributed by atoms with E-state index in [1.54, 1.807) is 47.1 Å². The number of rotatable bonds is 4. The van der Waals surface area contributed by atoms with Crippen LogP contribution >= 0.6 is 0 Å². The molecule has 1 atom stereocenters. The van der Waals surface area contributed by atoms with E-state index in [-0.39, 0.29) is 5.69 Å². The second-order valence-electron chi connectivity index (χ2n) is 5.32. The molecule has 3 aromatic rings. The van der Waals surface area contributed by atoms with E-state index in [0.717, 1.165) is 0 Å². The number of imidazole rings is 1. The van der Waals surface area contributed by atoms with Gasteiger partial charge in [-0.25, -0.2) is 9.78 Å². The zero-order valence-electron chi connectivity index (χ0n) is 13.3. The molecule has 25 heavy (non-hydrogen) atoms. The van der Waals surface area contributed by atoms with Gasteiger partial charge in [0, 0.05) is 18.1 Å². The van der Waals surface area contributed by atoms with E-state index in [9.17, 15) is 9.59 Å². The van der Waals surface area contributed by atoms with Crippen molar-refractivity contribution in [2.24, 2.45) is 0 Å². The maximum atomic E-state index is 12.2. The number of carbonyl (C=O) groups is 2. The fourth-order valence-electron chi connectivity index (χ4n) is 2.18. The van der Waals surface area contributed by atoms with Crippen LogP contribution in [0, 0.1) is 11.3 Å². The van der Waals surface area contributed by atoms with Gasteiger partial charge < -0.3 is 14.5 Å². The Bertz CT molecular complexity index is 937. The number of nitrogens with zero attached hydrogens (tertiary/aromatic N) is 3. The minimum absolute atomic E-state index is 0.129. The monoisotopic (exact) mass is 334 g/mol. The van der Waals surface area contributed by atoms with E-state index < -0.39 is 18.0 Å². The summed E-state index contributed by atoms with van der Waals surface area (Å²) >= 11 is 0. The predicted octanol–water partition coefficient (Wildman–Crippen LogP) is 2.39. The van der Waals surface area contributed by atoms with Gasteiger partial charge in [-0.05, 0) is 43.3 Å². The van der Waals surface area contributed by atoms with Gasteiger partial charge >= 0.3 is 5.97 Å². The standard InChI is InChI=1S/C18H14N4O3/c1-12(17(23)20-14-7-5-13(10-19)6-8-14)25-18(24)15-11-22-9-3-2-4-16(22)21-15/h2-9,11-12H,1H3,(H,20,23)/t12-/m1/s1. The van der Waals surface area contributed by atoms with E-state index in [2.05, 4.69) is 10.3 Å². The first-order chi connectivity index (χ1) is 12.1. The summed E-state index contributed by atoms with van der Waals surface area (Å²) in [6.45, 7) is 1.48. The Morgan fingerprint density at radius 2 is 2.00 bits per heavy atom. The van der Waals surface area contributed by atoms with E-state index in [0.29, 0.717) is 16.9 Å². The smallest absolute Gasteiger partial charge is 0.359 e. The Hall–Kier alpha value is -3.66. The number of carbonyl (C=O) groups excluding carboxylic acids is 2. The summed E-state index contributed by atoms with van der Waals surface area (Å²) in [5.74, 6) is -1.15. The van der Waals surface area contributed by atoms with Crippen molar-refractivity contribution in [2.75, 3.05) is 5.32 Å². The van der Waals surface area contributed by atoms with Crippen molar-refractivity contribution in [3.05, 3.63) is 66.1 Å². The van der Waals surface area contributed by atoms with E-state index >= 15 is 0 Å². The zero-order chi connectivity index (χ0) is 17.8. The molecule has 0 spiro atoms. The minimum Gasteiger partial charge on any atom is -0.448 e. The summed E-state index contributed by atoms with van der Waals surface area (Å²) in [5.41, 5.74) is 1.75. The van der Waals surface area contributed by atoms with Gasteiger partial charge in [0.2, 0.25) is 0 Å². The lowest BCUT2D eigenvalue weighted by Crippen LogP contribution is -2.30. The average Bonchev–Trinajstić information content (AvgIpc) is 3.06. The molecule has 0 aliphatic heterocycles. The third-order valence-electron chi connectivity index (χ3n) is 3.51. The maximum absolute atomic E-state index is 12.2. The van der Waals surface area contributed by atoms with Gasteiger partial charge in [-0.2, -0.15) is 5.26 Å². The molecule has 2 heterocycles. The quantitative estimate of drug-likeness (QED) is 0.739. The highest BCUT2D eigenvalue weighted by atomic mass is 16.5. The minimum atomic E-state index is -0.993. The molecule has 0 radical (unpaired) electrons. The topological polar surface area (TPSA) is 96.5 Å². The van der Waals surface area contributed by atoms with Crippen LogP contribution in [0.1, 0.15) is 23.0 Å². The molecule has 3 rings (SSSR count). The van der Waals surface area contributed by atoms with Crippen LogP contribution in [0.5, 0.6) is 0 Å². The Balaban J connectivity index is 1.63. The number of fused-ring (bicyclic) bond motifs is 1. The number of aromatic nitrogens is 2. The van der Waals surface area contributed by atoms with Crippen LogP contribution in [0.4, 0.5) is 5.69 Å². The van der Waals surface area contributed by atoms with Gasteiger partial charge in [-0.1, -0.05) is 6.07 Å². The van der Waals surface area contributed by atoms with E-state index in [4.69, 9.17) is 10.00 Å². The molecule has 0 saturated carbocycles. The van der Waals surface area contributed by atoms with E-state index in [1.165, 1.54) is 6.92 Å². The average molecular weight is 334 g/mol. The van der Waals surface area contributed by atoms with Gasteiger partial charge in [0.1, 0.15) is 5.65 Å². The number of esters is 1. The van der Waals surface area contributed by atoms with Crippen molar-refractivity contribution in [1.29, 1.82) is 5.26 Å². The highest BCUT2D eigenvalue weighted by Crippen LogP contribution is 2.11. The van der Waals surface area contributed by atoms with Crippen LogP contribution in [0.3, 0.4) is 0 Å². The molecule has 0 saturated heterocycles. The van der Waals surface area contributed by atoms with Gasteiger partial charge in [-0.3, -0.25) is 4.79 Å². The first-order valence-corrected chi connectivity index (χ1v) is 7.52. The number of nitriles is 1. The molecule has 0 unspecified atom stereocenters. The van der Waals surface area contributed by atoms with Gasteiger partial charge in [0.15, 0.2) is 11.8 Å². The molecule has 1 N–H and O–H groups in total. The summed E-state index contributed by atoms with van der Waals surface area (Å²) in [6, 6.07) is 13.8. The summed E-state index contributed by atoms with van der Waals surface area (Å²) < 4.78 is 6.86. The molecule has 7 nitrogen and oxygen atoms in total. The molecular formula is C18H14N4O3. The molecule has 0 fully saturated rings. The number of amides is 1. The molecule has 2 aromatic heterocycles. The van der Waals surface area contributed by atoms with Crippen molar-refractivity contribution < 1.29 is 14.3 Å². The van der Waals surface area contributed by atoms with Crippen LogP contribution in [-0.4, -0.2) is 27.4 Å². The van der Waals surface area contributed by atoms with Crippen LogP contribution in [0.15, 0.2) is 54.9 Å². The lowest BCUT2D eigenvalue weighted by Gasteiger charge is -2.12. The third kappa shape index (κ3) is 3.64. The van der Waals surface area contributed by atoms with Gasteiger partial charge in [-0.15, -0.1) is 0 Å². The second-order valence-corrected chi connectivity index (χ2v) is 5.32. The summed E-state index contributed by atoms with van der Waals surface area (Å²) in [4.78, 5) is 28.4. The fraction of sp³-hybridized carbons (Fsp3) is 0.111. The number of pyridine rings is 1. The normalized spacial score (nSPS) is 11.5. The van der Waals surface area contributed by atoms with Crippen molar-refractivity contribution in [3.63, 3.8) is 0 Å². The second kappa shape index (κ2) is 6.84. The van der Waals surface area contributed by atoms with Crippen LogP contribution in [0.25, 0.3) is 5.65 Å². The van der Waals surface area contributed by atoms with Crippen molar-refractivity contribution in [3.8, 4) is 6.07 Å². The molecule has 7 heteroatoms. The maximum Gasteiger partial charge on any atom is 0.359 e. The number of ether oxygens (including phenoxy) is 1. The Labute approximate surface area is 143 Å². The lowest BCUT2D eigenvalue weighted by atomic mass is 10.2. The lowest BCUT2D eigenvalue weighted by molar-refractivity contribution is -0.123. The number of hydrogen-bond acceptors (Lipinski definition) is 5. The fourth-order valence-corrected chi connectivity index (χ4v) is 2.18. The summed E-state index contributed by atoms with van der Waals surface area (Å²) in [5, 5.41) is 11.4. The Morgan fingerprint density at radius 3 is 2.68 bits per heavy atom. The molecule has 124 valence electrons. The van der Waals surface area contributed by atoms with E-state index in [1.807, 2.05) is 18.2 Å². The molecule has 0 aliphatic carbocycles. The zero-order valence-corrected chi connectivity index (χ0v) is 13.3. The predicted molar refractivity (Wildman–Crippen MR) is 89.9 cm³/mol. The first kappa shape index (κ1) is 16.2. The number of benzene rings is 1. The number of hydrogen-bond donors (Lipinski definition) is 1. The molecule has 1 amide bonds. The first-order valence-electron chi connectivity index (χ1n) is 7.52. The molecule has 0 aliphatic rings. The highest BCUT2D eigenvalue weighted by Gasteiger charge is 2.21. The summed E-state index contributed by atoms with van der Waals surface area (Å²) in [7, 11) is 0. The molecular weight excluding hydrogens is 320 g/mol. The SMILES string of the molecule is C[C@@H](OC(=O)c1cn2ccccc2n1)C(=O)Nc1ccc(C#N)cc1. The van der Waals surface area contributed by atoms with Crippen LogP contribution in [-0.2, 0) is 9.53 Å². The number of nitrogens with one attached hydrogen (secondary N) is 1. The Morgan fingerprint density at radius 1 is 1.24 bits per heavy atom. The van der Waals surface area contributed by atoms with Crippen molar-refractivity contribution >= 4 is 23.2 Å². The van der Waals surface area contributed by atoms with Crippen molar-refractivity contribution in [1.82, 2.24) is 9.38 Å². The van der Waals surface area contributed by atoms with Crippen LogP contribution < -0.4 is 5.32 Å². The largest absolute Gasteiger partial charge is 0.448 e.